The van der Waals surface area contributed by atoms with Gasteiger partial charge in [0.05, 0.1) is 19.8 Å². The van der Waals surface area contributed by atoms with Crippen LogP contribution in [0.4, 0.5) is 0 Å². The highest BCUT2D eigenvalue weighted by atomic mass is 31.2. The summed E-state index contributed by atoms with van der Waals surface area (Å²) in [5, 5.41) is 18.2. The van der Waals surface area contributed by atoms with Crippen LogP contribution in [-0.4, -0.2) is 65.7 Å². The molecule has 0 spiro atoms. The Labute approximate surface area is 259 Å². The molecule has 3 unspecified atom stereocenters. The van der Waals surface area contributed by atoms with E-state index in [1.54, 1.807) is 0 Å². The zero-order valence-corrected chi connectivity index (χ0v) is 27.6. The number of esters is 2. The van der Waals surface area contributed by atoms with E-state index in [-0.39, 0.29) is 19.4 Å². The number of aliphatic hydroxyl groups excluding tert-OH is 2. The van der Waals surface area contributed by atoms with Crippen molar-refractivity contribution in [2.75, 3.05) is 26.4 Å². The molecule has 3 N–H and O–H groups in total. The first-order valence-electron chi connectivity index (χ1n) is 16.3. The first-order valence-corrected chi connectivity index (χ1v) is 17.8. The molecule has 3 atom stereocenters. The fourth-order valence-electron chi connectivity index (χ4n) is 4.01. The van der Waals surface area contributed by atoms with Gasteiger partial charge in [0.15, 0.2) is 6.10 Å². The third kappa shape index (κ3) is 28.9. The molecule has 0 saturated carbocycles. The molecule has 0 aromatic rings. The van der Waals surface area contributed by atoms with E-state index in [2.05, 4.69) is 42.7 Å². The average Bonchev–Trinajstić information content (AvgIpc) is 2.99. The largest absolute Gasteiger partial charge is 0.472 e. The van der Waals surface area contributed by atoms with Crippen LogP contribution in [0.25, 0.3) is 0 Å². The van der Waals surface area contributed by atoms with Crippen LogP contribution in [0.3, 0.4) is 0 Å². The molecule has 0 radical (unpaired) electrons. The van der Waals surface area contributed by atoms with Crippen molar-refractivity contribution in [1.29, 1.82) is 0 Å². The maximum atomic E-state index is 12.4. The van der Waals surface area contributed by atoms with Crippen molar-refractivity contribution in [3.63, 3.8) is 0 Å². The molecule has 11 heteroatoms. The molecule has 0 aliphatic heterocycles. The van der Waals surface area contributed by atoms with Crippen LogP contribution in [0.2, 0.25) is 0 Å². The Morgan fingerprint density at radius 3 is 1.86 bits per heavy atom. The summed E-state index contributed by atoms with van der Waals surface area (Å²) < 4.78 is 32.3. The van der Waals surface area contributed by atoms with Crippen LogP contribution in [0.1, 0.15) is 129 Å². The summed E-state index contributed by atoms with van der Waals surface area (Å²) in [4.78, 5) is 34.4. The lowest BCUT2D eigenvalue weighted by atomic mass is 10.1. The van der Waals surface area contributed by atoms with E-state index < -0.39 is 51.8 Å². The highest BCUT2D eigenvalue weighted by Gasteiger charge is 2.27. The van der Waals surface area contributed by atoms with Gasteiger partial charge in [-0.15, -0.1) is 0 Å². The first-order chi connectivity index (χ1) is 20.7. The molecule has 0 aliphatic rings. The monoisotopic (exact) mass is 634 g/mol. The number of rotatable bonds is 30. The summed E-state index contributed by atoms with van der Waals surface area (Å²) in [5.74, 6) is -0.954. The highest BCUT2D eigenvalue weighted by molar-refractivity contribution is 7.47. The Morgan fingerprint density at radius 2 is 1.23 bits per heavy atom. The number of aliphatic hydroxyl groups is 2. The topological polar surface area (TPSA) is 149 Å². The zero-order valence-electron chi connectivity index (χ0n) is 26.7. The van der Waals surface area contributed by atoms with Gasteiger partial charge in [0.1, 0.15) is 12.7 Å². The SMILES string of the molecule is CCCC/C=C\C/C=C\CCCCCCCC(=O)OC(COC(=O)CCCCCCCC)COP(=O)(O)OCC(O)CO. The minimum absolute atomic E-state index is 0.169. The third-order valence-corrected chi connectivity index (χ3v) is 7.56. The van der Waals surface area contributed by atoms with Gasteiger partial charge < -0.3 is 24.6 Å². The molecular weight excluding hydrogens is 575 g/mol. The summed E-state index contributed by atoms with van der Waals surface area (Å²) in [7, 11) is -4.60. The molecule has 252 valence electrons. The van der Waals surface area contributed by atoms with Gasteiger partial charge in [-0.2, -0.15) is 0 Å². The minimum Gasteiger partial charge on any atom is -0.462 e. The van der Waals surface area contributed by atoms with E-state index in [1.807, 2.05) is 0 Å². The van der Waals surface area contributed by atoms with Crippen LogP contribution in [0.5, 0.6) is 0 Å². The second kappa shape index (κ2) is 29.2. The molecule has 0 fully saturated rings. The summed E-state index contributed by atoms with van der Waals surface area (Å²) in [6.45, 7) is 2.21. The van der Waals surface area contributed by atoms with Crippen molar-refractivity contribution in [3.8, 4) is 0 Å². The van der Waals surface area contributed by atoms with Crippen molar-refractivity contribution in [2.24, 2.45) is 0 Å². The molecule has 0 aromatic heterocycles. The lowest BCUT2D eigenvalue weighted by Gasteiger charge is -2.20. The fourth-order valence-corrected chi connectivity index (χ4v) is 4.80. The van der Waals surface area contributed by atoms with Gasteiger partial charge >= 0.3 is 19.8 Å². The fraction of sp³-hybridized carbons (Fsp3) is 0.812. The van der Waals surface area contributed by atoms with E-state index in [9.17, 15) is 24.2 Å². The Kier molecular flexibility index (Phi) is 28.1. The number of phosphoric ester groups is 1. The number of hydrogen-bond acceptors (Lipinski definition) is 9. The third-order valence-electron chi connectivity index (χ3n) is 6.61. The number of carbonyl (C=O) groups excluding carboxylic acids is 2. The smallest absolute Gasteiger partial charge is 0.462 e. The number of carbonyl (C=O) groups is 2. The summed E-state index contributed by atoms with van der Waals surface area (Å²) in [5.41, 5.74) is 0. The van der Waals surface area contributed by atoms with Gasteiger partial charge in [0, 0.05) is 12.8 Å². The van der Waals surface area contributed by atoms with Crippen LogP contribution >= 0.6 is 7.82 Å². The molecule has 43 heavy (non-hydrogen) atoms. The maximum Gasteiger partial charge on any atom is 0.472 e. The van der Waals surface area contributed by atoms with E-state index in [0.717, 1.165) is 70.6 Å². The molecular formula is C32H59O10P. The second-order valence-corrected chi connectivity index (χ2v) is 12.3. The van der Waals surface area contributed by atoms with Crippen LogP contribution < -0.4 is 0 Å². The lowest BCUT2D eigenvalue weighted by Crippen LogP contribution is -2.29. The Morgan fingerprint density at radius 1 is 0.698 bits per heavy atom. The molecule has 10 nitrogen and oxygen atoms in total. The van der Waals surface area contributed by atoms with Crippen molar-refractivity contribution >= 4 is 19.8 Å². The van der Waals surface area contributed by atoms with Crippen molar-refractivity contribution in [1.82, 2.24) is 0 Å². The van der Waals surface area contributed by atoms with E-state index in [4.69, 9.17) is 19.1 Å². The van der Waals surface area contributed by atoms with Gasteiger partial charge in [0.25, 0.3) is 0 Å². The van der Waals surface area contributed by atoms with Gasteiger partial charge in [-0.25, -0.2) is 4.57 Å². The van der Waals surface area contributed by atoms with E-state index in [1.165, 1.54) is 19.3 Å². The quantitative estimate of drug-likeness (QED) is 0.0323. The van der Waals surface area contributed by atoms with Gasteiger partial charge in [-0.05, 0) is 38.5 Å². The molecule has 0 aromatic carbocycles. The van der Waals surface area contributed by atoms with E-state index in [0.29, 0.717) is 12.8 Å². The van der Waals surface area contributed by atoms with Crippen molar-refractivity contribution in [3.05, 3.63) is 24.3 Å². The normalized spacial score (nSPS) is 14.6. The van der Waals surface area contributed by atoms with Crippen LogP contribution in [0, 0.1) is 0 Å². The number of allylic oxidation sites excluding steroid dienone is 4. The molecule has 0 aliphatic carbocycles. The van der Waals surface area contributed by atoms with Crippen LogP contribution in [-0.2, 0) is 32.7 Å². The Balaban J connectivity index is 4.43. The van der Waals surface area contributed by atoms with Gasteiger partial charge in [-0.1, -0.05) is 102 Å². The van der Waals surface area contributed by atoms with Crippen LogP contribution in [0.15, 0.2) is 24.3 Å². The lowest BCUT2D eigenvalue weighted by molar-refractivity contribution is -0.161. The molecule has 0 heterocycles. The molecule has 0 rings (SSSR count). The van der Waals surface area contributed by atoms with Gasteiger partial charge in [-0.3, -0.25) is 18.6 Å². The van der Waals surface area contributed by atoms with E-state index >= 15 is 0 Å². The van der Waals surface area contributed by atoms with Crippen molar-refractivity contribution < 1.29 is 47.8 Å². The predicted octanol–water partition coefficient (Wildman–Crippen LogP) is 7.10. The number of unbranched alkanes of at least 4 members (excludes halogenated alkanes) is 12. The molecule has 0 saturated heterocycles. The minimum atomic E-state index is -4.60. The van der Waals surface area contributed by atoms with Crippen molar-refractivity contribution in [2.45, 2.75) is 142 Å². The molecule has 0 bridgehead atoms. The number of phosphoric acid groups is 1. The maximum absolute atomic E-state index is 12.4. The number of ether oxygens (including phenoxy) is 2. The second-order valence-electron chi connectivity index (χ2n) is 10.8. The zero-order chi connectivity index (χ0) is 32.0. The summed E-state index contributed by atoms with van der Waals surface area (Å²) in [6, 6.07) is 0. The molecule has 0 amide bonds. The van der Waals surface area contributed by atoms with Gasteiger partial charge in [0.2, 0.25) is 0 Å². The first kappa shape index (κ1) is 41.4. The summed E-state index contributed by atoms with van der Waals surface area (Å²) >= 11 is 0. The number of hydrogen-bond donors (Lipinski definition) is 3. The Bertz CT molecular complexity index is 786. The predicted molar refractivity (Wildman–Crippen MR) is 168 cm³/mol. The average molecular weight is 635 g/mol. The Hall–Kier alpha value is -1.55. The summed E-state index contributed by atoms with van der Waals surface area (Å²) in [6.07, 6.45) is 23.3. The highest BCUT2D eigenvalue weighted by Crippen LogP contribution is 2.43. The standard InChI is InChI=1S/C32H59O10P/c1-3-5-7-9-11-12-13-14-15-16-17-18-20-22-24-32(36)42-30(28-41-43(37,38)40-26-29(34)25-33)27-39-31(35)23-21-19-10-8-6-4-2/h9,11,13-14,29-30,33-34H,3-8,10,12,15-28H2,1-2H3,(H,37,38)/b11-9-,14-13-.